The first-order chi connectivity index (χ1) is 44.2. The molecule has 3 aromatic heterocycles. The molecule has 0 unspecified atom stereocenters. The molecule has 0 saturated carbocycles. The van der Waals surface area contributed by atoms with Gasteiger partial charge in [0.2, 0.25) is 41.4 Å². The summed E-state index contributed by atoms with van der Waals surface area (Å²) in [6.07, 6.45) is 8.51. The fourth-order valence-electron chi connectivity index (χ4n) is 10.7. The highest BCUT2D eigenvalue weighted by Crippen LogP contribution is 2.23. The first-order valence-electron chi connectivity index (χ1n) is 31.1. The Bertz CT molecular complexity index is 3530. The minimum absolute atomic E-state index is 0.0244. The average Bonchev–Trinajstić information content (AvgIpc) is 1.75. The van der Waals surface area contributed by atoms with Crippen LogP contribution in [0.15, 0.2) is 106 Å². The van der Waals surface area contributed by atoms with E-state index in [0.717, 1.165) is 34.6 Å². The highest BCUT2D eigenvalue weighted by atomic mass is 16.4. The zero-order chi connectivity index (χ0) is 66.5. The summed E-state index contributed by atoms with van der Waals surface area (Å²) in [6.45, 7) is 2.51. The number of benzene rings is 3. The van der Waals surface area contributed by atoms with Crippen LogP contribution in [-0.4, -0.2) is 154 Å². The number of guanidine groups is 3. The molecule has 0 saturated heterocycles. The number of H-pyrrole nitrogens is 3. The molecule has 29 heteroatoms. The number of fused-ring (bicyclic) bond motifs is 3. The molecule has 3 aromatic carbocycles. The lowest BCUT2D eigenvalue weighted by Crippen LogP contribution is -2.60. The van der Waals surface area contributed by atoms with Crippen molar-refractivity contribution < 1.29 is 43.5 Å². The predicted molar refractivity (Wildman–Crippen MR) is 354 cm³/mol. The third-order valence-electron chi connectivity index (χ3n) is 15.5. The van der Waals surface area contributed by atoms with Crippen molar-refractivity contribution in [1.82, 2.24) is 52.2 Å². The summed E-state index contributed by atoms with van der Waals surface area (Å²) in [5.41, 5.74) is 43.6. The molecule has 3 heterocycles. The summed E-state index contributed by atoms with van der Waals surface area (Å²) < 4.78 is 0. The van der Waals surface area contributed by atoms with Crippen LogP contribution in [-0.2, 0) is 57.6 Å². The number of unbranched alkanes of at least 4 members (excludes halogenated alkanes) is 3. The van der Waals surface area contributed by atoms with Gasteiger partial charge in [0, 0.05) is 96.6 Å². The van der Waals surface area contributed by atoms with Crippen LogP contribution in [0, 0.1) is 0 Å². The molecule has 0 fully saturated rings. The van der Waals surface area contributed by atoms with E-state index in [0.29, 0.717) is 53.4 Å². The molecule has 29 nitrogen and oxygen atoms in total. The SMILES string of the molecule is CCCCCC(=O)N[C@@H](CCCN=C(N)N)C(=O)N[C@@H](Cc1c[nH]c2ccccc12)C(=O)N[C@@H](CCCN=C(N)N)C(=O)N[C@@H](Cc1c[nH]c2ccccc12)C(=O)N[C@@H](CCCN=C(N)N)C(=O)N[C@@H](Cc1c[nH]c2ccccc12)C(=O)N[C@@H](CCCCN)C(=O)O. The Balaban J connectivity index is 1.35. The molecule has 7 atom stereocenters. The van der Waals surface area contributed by atoms with Gasteiger partial charge in [0.05, 0.1) is 0 Å². The van der Waals surface area contributed by atoms with Crippen LogP contribution in [0.3, 0.4) is 0 Å². The van der Waals surface area contributed by atoms with Gasteiger partial charge in [-0.2, -0.15) is 0 Å². The molecule has 0 aliphatic carbocycles. The summed E-state index contributed by atoms with van der Waals surface area (Å²) in [5, 5.41) is 32.0. The number of hydrogen-bond acceptors (Lipinski definition) is 12. The van der Waals surface area contributed by atoms with Crippen LogP contribution in [0.2, 0.25) is 0 Å². The normalized spacial score (nSPS) is 13.5. The third-order valence-corrected chi connectivity index (χ3v) is 15.5. The fraction of sp³-hybridized carbons (Fsp3) is 0.444. The van der Waals surface area contributed by atoms with Crippen LogP contribution in [0.25, 0.3) is 32.7 Å². The molecular weight excluding hydrogens is 1180 g/mol. The number of aromatic nitrogens is 3. The second kappa shape index (κ2) is 36.5. The van der Waals surface area contributed by atoms with E-state index in [-0.39, 0.29) is 114 Å². The standard InChI is InChI=1S/C63H90N20O9/c1-2-3-4-26-53(84)77-46(23-13-28-71-61(65)66)54(85)81-50(31-37-34-74-43-19-8-5-16-40(37)43)57(88)78-47(24-14-29-72-62(67)68)55(86)82-51(32-38-35-75-44-20-9-6-17-41(38)44)58(89)79-48(25-15-30-73-63(69)70)56(87)83-52(33-39-36-76-45-21-10-7-18-42(39)45)59(90)80-49(60(91)92)22-11-12-27-64/h5-10,16-21,34-36,46-52,74-76H,2-4,11-15,22-33,64H2,1H3,(H,77,84)(H,78,88)(H,79,89)(H,80,90)(H,81,85)(H,82,86)(H,83,87)(H,91,92)(H4,65,66,71)(H4,67,68,72)(H4,69,70,73)/t46-,47-,48-,49-,50-,51-,52-/m0/s1. The van der Waals surface area contributed by atoms with Gasteiger partial charge in [0.1, 0.15) is 42.3 Å². The lowest BCUT2D eigenvalue weighted by Gasteiger charge is -2.28. The molecule has 0 bridgehead atoms. The van der Waals surface area contributed by atoms with Crippen molar-refractivity contribution >= 4 is 97.9 Å². The Labute approximate surface area is 532 Å². The number of carbonyl (C=O) groups excluding carboxylic acids is 7. The second-order valence-corrected chi connectivity index (χ2v) is 22.6. The number of carboxylic acids is 1. The number of aliphatic imine (C=N–C) groups is 3. The van der Waals surface area contributed by atoms with Crippen molar-refractivity contribution in [3.8, 4) is 0 Å². The van der Waals surface area contributed by atoms with Crippen LogP contribution >= 0.6 is 0 Å². The molecule has 0 aliphatic rings. The Morgan fingerprint density at radius 2 is 0.728 bits per heavy atom. The van der Waals surface area contributed by atoms with Crippen molar-refractivity contribution in [3.63, 3.8) is 0 Å². The summed E-state index contributed by atoms with van der Waals surface area (Å²) in [7, 11) is 0. The number of aliphatic carboxylic acids is 1. The smallest absolute Gasteiger partial charge is 0.326 e. The Morgan fingerprint density at radius 1 is 0.413 bits per heavy atom. The van der Waals surface area contributed by atoms with Crippen molar-refractivity contribution in [3.05, 3.63) is 108 Å². The lowest BCUT2D eigenvalue weighted by atomic mass is 10.0. The minimum Gasteiger partial charge on any atom is -0.480 e. The van der Waals surface area contributed by atoms with Gasteiger partial charge >= 0.3 is 5.97 Å². The van der Waals surface area contributed by atoms with Crippen LogP contribution in [0.5, 0.6) is 0 Å². The number of rotatable bonds is 40. The topological polar surface area (TPSA) is 508 Å². The number of nitrogens with zero attached hydrogens (tertiary/aromatic N) is 3. The third kappa shape index (κ3) is 22.4. The summed E-state index contributed by atoms with van der Waals surface area (Å²) in [4.78, 5) is 137. The van der Waals surface area contributed by atoms with Gasteiger partial charge in [0.15, 0.2) is 17.9 Å². The van der Waals surface area contributed by atoms with Crippen molar-refractivity contribution in [2.24, 2.45) is 55.1 Å². The number of nitrogens with two attached hydrogens (primary N) is 7. The zero-order valence-corrected chi connectivity index (χ0v) is 51.9. The summed E-state index contributed by atoms with van der Waals surface area (Å²) in [5.74, 6) is -7.08. The summed E-state index contributed by atoms with van der Waals surface area (Å²) >= 11 is 0. The second-order valence-electron chi connectivity index (χ2n) is 22.6. The minimum atomic E-state index is -1.48. The van der Waals surface area contributed by atoms with Gasteiger partial charge in [-0.25, -0.2) is 4.79 Å². The molecule has 0 aliphatic heterocycles. The average molecular weight is 1270 g/mol. The van der Waals surface area contributed by atoms with E-state index in [9.17, 15) is 29.1 Å². The van der Waals surface area contributed by atoms with Crippen molar-refractivity contribution in [1.29, 1.82) is 0 Å². The first kappa shape index (κ1) is 70.9. The Morgan fingerprint density at radius 3 is 1.07 bits per heavy atom. The molecule has 0 spiro atoms. The van der Waals surface area contributed by atoms with E-state index in [2.05, 4.69) is 67.1 Å². The van der Waals surface area contributed by atoms with E-state index in [1.807, 2.05) is 73.7 Å². The number of para-hydroxylation sites is 3. The van der Waals surface area contributed by atoms with E-state index in [1.54, 1.807) is 24.7 Å². The lowest BCUT2D eigenvalue weighted by molar-refractivity contribution is -0.142. The highest BCUT2D eigenvalue weighted by molar-refractivity contribution is 5.99. The molecule has 6 aromatic rings. The maximum atomic E-state index is 15.2. The van der Waals surface area contributed by atoms with Crippen molar-refractivity contribution in [2.75, 3.05) is 26.2 Å². The highest BCUT2D eigenvalue weighted by Gasteiger charge is 2.35. The van der Waals surface area contributed by atoms with Crippen LogP contribution < -0.4 is 77.4 Å². The summed E-state index contributed by atoms with van der Waals surface area (Å²) in [6, 6.07) is 12.4. The molecule has 92 heavy (non-hydrogen) atoms. The van der Waals surface area contributed by atoms with E-state index in [4.69, 9.17) is 40.1 Å². The van der Waals surface area contributed by atoms with E-state index < -0.39 is 83.7 Å². The quantitative estimate of drug-likeness (QED) is 0.0142. The molecular formula is C63H90N20O9. The molecule has 6 rings (SSSR count). The predicted octanol–water partition coefficient (Wildman–Crippen LogP) is 0.507. The van der Waals surface area contributed by atoms with Crippen LogP contribution in [0.4, 0.5) is 0 Å². The number of aromatic amines is 3. The molecule has 25 N–H and O–H groups in total. The molecule has 496 valence electrons. The van der Waals surface area contributed by atoms with Gasteiger partial charge in [-0.1, -0.05) is 74.4 Å². The van der Waals surface area contributed by atoms with E-state index >= 15 is 14.4 Å². The fourth-order valence-corrected chi connectivity index (χ4v) is 10.7. The number of carbonyl (C=O) groups is 8. The Kier molecular flexibility index (Phi) is 28.1. The largest absolute Gasteiger partial charge is 0.480 e. The maximum absolute atomic E-state index is 15.2. The monoisotopic (exact) mass is 1270 g/mol. The molecule has 0 radical (unpaired) electrons. The van der Waals surface area contributed by atoms with Crippen molar-refractivity contribution in [2.45, 2.75) is 152 Å². The Hall–Kier alpha value is -10.2. The number of carboxylic acid groups (broad SMARTS) is 1. The number of hydrogen-bond donors (Lipinski definition) is 18. The number of amides is 7. The number of nitrogens with one attached hydrogen (secondary N) is 10. The van der Waals surface area contributed by atoms with Gasteiger partial charge in [-0.3, -0.25) is 48.5 Å². The first-order valence-corrected chi connectivity index (χ1v) is 31.1. The van der Waals surface area contributed by atoms with Gasteiger partial charge in [-0.05, 0) is 106 Å². The van der Waals surface area contributed by atoms with Gasteiger partial charge in [0.25, 0.3) is 0 Å². The van der Waals surface area contributed by atoms with Crippen LogP contribution in [0.1, 0.15) is 107 Å². The van der Waals surface area contributed by atoms with Gasteiger partial charge in [-0.15, -0.1) is 0 Å². The van der Waals surface area contributed by atoms with Gasteiger partial charge < -0.3 is 97.4 Å². The maximum Gasteiger partial charge on any atom is 0.326 e. The zero-order valence-electron chi connectivity index (χ0n) is 51.9. The van der Waals surface area contributed by atoms with E-state index in [1.165, 1.54) is 0 Å². The molecule has 7 amide bonds.